The van der Waals surface area contributed by atoms with E-state index < -0.39 is 0 Å². The Kier molecular flexibility index (Phi) is 4.17. The topological polar surface area (TPSA) is 52.5 Å². The molecule has 2 heterocycles. The van der Waals surface area contributed by atoms with Gasteiger partial charge in [-0.15, -0.1) is 0 Å². The first-order valence-corrected chi connectivity index (χ1v) is 7.65. The lowest BCUT2D eigenvalue weighted by atomic mass is 10.1. The van der Waals surface area contributed by atoms with Crippen molar-refractivity contribution in [2.45, 2.75) is 20.4 Å². The largest absolute Gasteiger partial charge is 0.489 e. The average Bonchev–Trinajstić information content (AvgIpc) is 2.93. The minimum absolute atomic E-state index is 0.440. The molecule has 0 aliphatic heterocycles. The van der Waals surface area contributed by atoms with E-state index in [4.69, 9.17) is 15.5 Å². The van der Waals surface area contributed by atoms with Gasteiger partial charge in [0, 0.05) is 17.8 Å². The quantitative estimate of drug-likeness (QED) is 0.731. The van der Waals surface area contributed by atoms with Crippen LogP contribution in [0.3, 0.4) is 0 Å². The number of benzene rings is 1. The molecule has 0 fully saturated rings. The molecule has 118 valence electrons. The first-order valence-electron chi connectivity index (χ1n) is 7.65. The molecule has 3 aromatic rings. The van der Waals surface area contributed by atoms with E-state index in [1.54, 1.807) is 0 Å². The Balaban J connectivity index is 2.00. The first kappa shape index (κ1) is 15.3. The van der Waals surface area contributed by atoms with Crippen LogP contribution in [0.1, 0.15) is 18.3 Å². The number of hydrogen-bond donors (Lipinski definition) is 1. The summed E-state index contributed by atoms with van der Waals surface area (Å²) in [6.07, 6.45) is 0. The van der Waals surface area contributed by atoms with Gasteiger partial charge in [-0.3, -0.25) is 4.40 Å². The second-order valence-electron chi connectivity index (χ2n) is 5.74. The second kappa shape index (κ2) is 6.26. The van der Waals surface area contributed by atoms with Gasteiger partial charge in [-0.25, -0.2) is 4.98 Å². The number of aromatic nitrogens is 2. The van der Waals surface area contributed by atoms with Gasteiger partial charge in [-0.1, -0.05) is 12.6 Å². The Morgan fingerprint density at radius 3 is 2.61 bits per heavy atom. The molecular weight excluding hydrogens is 286 g/mol. The second-order valence-corrected chi connectivity index (χ2v) is 5.74. The lowest BCUT2D eigenvalue weighted by molar-refractivity contribution is 0.353. The first-order chi connectivity index (χ1) is 11.1. The van der Waals surface area contributed by atoms with Crippen molar-refractivity contribution >= 4 is 5.65 Å². The van der Waals surface area contributed by atoms with Crippen LogP contribution in [0.5, 0.6) is 5.75 Å². The Bertz CT molecular complexity index is 847. The number of imidazole rings is 1. The fraction of sp³-hybridized carbons (Fsp3) is 0.211. The van der Waals surface area contributed by atoms with Crippen LogP contribution >= 0.6 is 0 Å². The predicted octanol–water partition coefficient (Wildman–Crippen LogP) is 3.72. The van der Waals surface area contributed by atoms with Crippen molar-refractivity contribution in [3.8, 4) is 17.0 Å². The molecule has 0 aliphatic carbocycles. The smallest absolute Gasteiger partial charge is 0.137 e. The van der Waals surface area contributed by atoms with Crippen LogP contribution < -0.4 is 10.5 Å². The third-order valence-electron chi connectivity index (χ3n) is 3.74. The van der Waals surface area contributed by atoms with Crippen molar-refractivity contribution < 1.29 is 4.74 Å². The van der Waals surface area contributed by atoms with E-state index in [1.165, 1.54) is 0 Å². The molecule has 0 radical (unpaired) electrons. The molecule has 0 saturated heterocycles. The molecule has 23 heavy (non-hydrogen) atoms. The summed E-state index contributed by atoms with van der Waals surface area (Å²) in [6, 6.07) is 14.0. The summed E-state index contributed by atoms with van der Waals surface area (Å²) in [5.41, 5.74) is 12.0. The van der Waals surface area contributed by atoms with E-state index >= 15 is 0 Å². The van der Waals surface area contributed by atoms with Crippen LogP contribution in [0, 0.1) is 6.92 Å². The summed E-state index contributed by atoms with van der Waals surface area (Å²) in [6.45, 7) is 8.81. The van der Waals surface area contributed by atoms with Crippen LogP contribution in [0.15, 0.2) is 54.6 Å². The van der Waals surface area contributed by atoms with E-state index in [-0.39, 0.29) is 0 Å². The van der Waals surface area contributed by atoms with Gasteiger partial charge in [0.15, 0.2) is 0 Å². The molecule has 1 aromatic carbocycles. The molecule has 2 N–H and O–H groups in total. The molecule has 0 atom stereocenters. The van der Waals surface area contributed by atoms with Crippen molar-refractivity contribution in [2.24, 2.45) is 5.73 Å². The van der Waals surface area contributed by atoms with E-state index in [2.05, 4.69) is 24.0 Å². The summed E-state index contributed by atoms with van der Waals surface area (Å²) in [4.78, 5) is 4.75. The third kappa shape index (κ3) is 2.98. The summed E-state index contributed by atoms with van der Waals surface area (Å²) in [5, 5.41) is 0. The van der Waals surface area contributed by atoms with Gasteiger partial charge in [0.25, 0.3) is 0 Å². The van der Waals surface area contributed by atoms with E-state index in [1.807, 2.05) is 43.3 Å². The van der Waals surface area contributed by atoms with Gasteiger partial charge < -0.3 is 10.5 Å². The number of nitrogens with zero attached hydrogens (tertiary/aromatic N) is 2. The fourth-order valence-corrected chi connectivity index (χ4v) is 2.66. The molecule has 2 aromatic heterocycles. The highest BCUT2D eigenvalue weighted by molar-refractivity contribution is 5.67. The minimum atomic E-state index is 0.440. The Morgan fingerprint density at radius 1 is 1.22 bits per heavy atom. The SMILES string of the molecule is C=C(C)COc1ccc(-c2nc3cccc(C)n3c2CN)cc1. The molecule has 0 spiro atoms. The summed E-state index contributed by atoms with van der Waals surface area (Å²) in [7, 11) is 0. The zero-order chi connectivity index (χ0) is 16.4. The van der Waals surface area contributed by atoms with Crippen LogP contribution in [-0.4, -0.2) is 16.0 Å². The normalized spacial score (nSPS) is 10.9. The zero-order valence-corrected chi connectivity index (χ0v) is 13.5. The Labute approximate surface area is 136 Å². The Hall–Kier alpha value is -2.59. The van der Waals surface area contributed by atoms with Gasteiger partial charge in [-0.05, 0) is 55.8 Å². The zero-order valence-electron chi connectivity index (χ0n) is 13.5. The number of pyridine rings is 1. The fourth-order valence-electron chi connectivity index (χ4n) is 2.66. The van der Waals surface area contributed by atoms with E-state index in [0.29, 0.717) is 13.2 Å². The van der Waals surface area contributed by atoms with Crippen LogP contribution in [-0.2, 0) is 6.54 Å². The molecule has 0 amide bonds. The number of nitrogens with two attached hydrogens (primary N) is 1. The monoisotopic (exact) mass is 307 g/mol. The molecule has 0 aliphatic rings. The number of rotatable bonds is 5. The third-order valence-corrected chi connectivity index (χ3v) is 3.74. The molecule has 0 saturated carbocycles. The summed E-state index contributed by atoms with van der Waals surface area (Å²) >= 11 is 0. The van der Waals surface area contributed by atoms with Crippen LogP contribution in [0.2, 0.25) is 0 Å². The molecular formula is C19H21N3O. The maximum atomic E-state index is 5.98. The van der Waals surface area contributed by atoms with Gasteiger partial charge >= 0.3 is 0 Å². The van der Waals surface area contributed by atoms with Crippen molar-refractivity contribution in [3.05, 3.63) is 66.0 Å². The molecule has 3 rings (SSSR count). The van der Waals surface area contributed by atoms with Gasteiger partial charge in [0.1, 0.15) is 18.0 Å². The lowest BCUT2D eigenvalue weighted by Crippen LogP contribution is -2.04. The maximum absolute atomic E-state index is 5.98. The molecule has 0 bridgehead atoms. The van der Waals surface area contributed by atoms with Crippen LogP contribution in [0.4, 0.5) is 0 Å². The number of aryl methyl sites for hydroxylation is 1. The van der Waals surface area contributed by atoms with Gasteiger partial charge in [-0.2, -0.15) is 0 Å². The van der Waals surface area contributed by atoms with E-state index in [0.717, 1.165) is 39.6 Å². The van der Waals surface area contributed by atoms with Crippen LogP contribution in [0.25, 0.3) is 16.9 Å². The highest BCUT2D eigenvalue weighted by atomic mass is 16.5. The number of ether oxygens (including phenoxy) is 1. The van der Waals surface area contributed by atoms with Gasteiger partial charge in [0.2, 0.25) is 0 Å². The number of hydrogen-bond acceptors (Lipinski definition) is 3. The van der Waals surface area contributed by atoms with Crippen molar-refractivity contribution in [3.63, 3.8) is 0 Å². The highest BCUT2D eigenvalue weighted by Crippen LogP contribution is 2.27. The molecule has 0 unspecified atom stereocenters. The summed E-state index contributed by atoms with van der Waals surface area (Å²) in [5.74, 6) is 0.825. The van der Waals surface area contributed by atoms with Gasteiger partial charge in [0.05, 0.1) is 11.4 Å². The van der Waals surface area contributed by atoms with Crippen molar-refractivity contribution in [1.29, 1.82) is 0 Å². The standard InChI is InChI=1S/C19H21N3O/c1-13(2)12-23-16-9-7-15(8-10-16)19-17(11-20)22-14(3)5-4-6-18(22)21-19/h4-10H,1,11-12,20H2,2-3H3. The molecule has 4 heteroatoms. The lowest BCUT2D eigenvalue weighted by Gasteiger charge is -2.07. The Morgan fingerprint density at radius 2 is 1.96 bits per heavy atom. The minimum Gasteiger partial charge on any atom is -0.489 e. The summed E-state index contributed by atoms with van der Waals surface area (Å²) < 4.78 is 7.75. The van der Waals surface area contributed by atoms with Crippen molar-refractivity contribution in [2.75, 3.05) is 6.61 Å². The van der Waals surface area contributed by atoms with E-state index in [9.17, 15) is 0 Å². The number of fused-ring (bicyclic) bond motifs is 1. The van der Waals surface area contributed by atoms with Crippen molar-refractivity contribution in [1.82, 2.24) is 9.38 Å². The molecule has 4 nitrogen and oxygen atoms in total. The average molecular weight is 307 g/mol. The highest BCUT2D eigenvalue weighted by Gasteiger charge is 2.13. The maximum Gasteiger partial charge on any atom is 0.137 e. The predicted molar refractivity (Wildman–Crippen MR) is 93.6 cm³/mol.